The summed E-state index contributed by atoms with van der Waals surface area (Å²) in [5.41, 5.74) is 2.44. The zero-order chi connectivity index (χ0) is 30.9. The van der Waals surface area contributed by atoms with Crippen LogP contribution in [0.15, 0.2) is 71.1 Å². The first-order chi connectivity index (χ1) is 20.7. The van der Waals surface area contributed by atoms with Gasteiger partial charge in [-0.1, -0.05) is 32.0 Å². The molecule has 3 N–H and O–H groups in total. The van der Waals surface area contributed by atoms with Gasteiger partial charge in [-0.05, 0) is 79.8 Å². The Morgan fingerprint density at radius 3 is 2.28 bits per heavy atom. The number of benzene rings is 3. The van der Waals surface area contributed by atoms with Gasteiger partial charge in [-0.25, -0.2) is 8.78 Å². The molecular formula is C34H39F2N3O4. The number of carbonyl (C=O) groups is 2. The summed E-state index contributed by atoms with van der Waals surface area (Å²) in [6, 6.07) is 16.7. The lowest BCUT2D eigenvalue weighted by Crippen LogP contribution is -2.48. The third kappa shape index (κ3) is 8.72. The molecular weight excluding hydrogens is 552 g/mol. The van der Waals surface area contributed by atoms with Crippen LogP contribution < -0.4 is 10.6 Å². The Morgan fingerprint density at radius 1 is 0.930 bits per heavy atom. The number of hydrogen-bond donors (Lipinski definition) is 3. The average molecular weight is 592 g/mol. The molecule has 0 aliphatic carbocycles. The lowest BCUT2D eigenvalue weighted by atomic mass is 9.99. The number of hydrogen-bond acceptors (Lipinski definition) is 5. The molecule has 9 heteroatoms. The monoisotopic (exact) mass is 591 g/mol. The first-order valence-corrected chi connectivity index (χ1v) is 14.7. The van der Waals surface area contributed by atoms with Crippen LogP contribution in [0, 0.1) is 18.6 Å². The molecule has 0 aliphatic rings. The molecule has 0 radical (unpaired) electrons. The van der Waals surface area contributed by atoms with Crippen molar-refractivity contribution in [1.82, 2.24) is 15.5 Å². The summed E-state index contributed by atoms with van der Waals surface area (Å²) in [6.07, 6.45) is 0.493. The van der Waals surface area contributed by atoms with Gasteiger partial charge in [-0.15, -0.1) is 0 Å². The maximum atomic E-state index is 14.0. The van der Waals surface area contributed by atoms with Crippen LogP contribution in [0.1, 0.15) is 64.3 Å². The van der Waals surface area contributed by atoms with E-state index in [0.29, 0.717) is 31.0 Å². The molecule has 0 spiro atoms. The Hall–Kier alpha value is -4.08. The molecule has 228 valence electrons. The highest BCUT2D eigenvalue weighted by Crippen LogP contribution is 2.19. The van der Waals surface area contributed by atoms with Gasteiger partial charge in [0.1, 0.15) is 23.0 Å². The fourth-order valence-corrected chi connectivity index (χ4v) is 5.20. The summed E-state index contributed by atoms with van der Waals surface area (Å²) in [5, 5.41) is 18.1. The highest BCUT2D eigenvalue weighted by molar-refractivity contribution is 6.00. The van der Waals surface area contributed by atoms with Crippen LogP contribution in [0.4, 0.5) is 8.78 Å². The molecule has 43 heavy (non-hydrogen) atoms. The van der Waals surface area contributed by atoms with Crippen molar-refractivity contribution in [2.45, 2.75) is 58.7 Å². The zero-order valence-electron chi connectivity index (χ0n) is 24.8. The smallest absolute Gasteiger partial charge is 0.253 e. The van der Waals surface area contributed by atoms with E-state index < -0.39 is 29.7 Å². The van der Waals surface area contributed by atoms with Gasteiger partial charge in [0.05, 0.1) is 18.7 Å². The lowest BCUT2D eigenvalue weighted by Gasteiger charge is -2.25. The van der Waals surface area contributed by atoms with Crippen LogP contribution in [-0.4, -0.2) is 53.6 Å². The maximum absolute atomic E-state index is 14.0. The van der Waals surface area contributed by atoms with E-state index in [2.05, 4.69) is 10.6 Å². The Labute approximate surface area is 250 Å². The molecule has 4 aromatic rings. The summed E-state index contributed by atoms with van der Waals surface area (Å²) < 4.78 is 33.8. The number of furan rings is 1. The van der Waals surface area contributed by atoms with Crippen molar-refractivity contribution in [1.29, 1.82) is 0 Å². The molecule has 0 bridgehead atoms. The first-order valence-electron chi connectivity index (χ1n) is 14.7. The highest BCUT2D eigenvalue weighted by Gasteiger charge is 2.24. The van der Waals surface area contributed by atoms with Gasteiger partial charge in [0.25, 0.3) is 11.8 Å². The second-order valence-corrected chi connectivity index (χ2v) is 10.9. The Kier molecular flexibility index (Phi) is 11.0. The van der Waals surface area contributed by atoms with Crippen molar-refractivity contribution in [3.8, 4) is 0 Å². The number of rotatable bonds is 14. The fraction of sp³-hybridized carbons (Fsp3) is 0.353. The van der Waals surface area contributed by atoms with E-state index in [1.54, 1.807) is 30.0 Å². The second kappa shape index (κ2) is 14.9. The number of amides is 2. The molecule has 0 unspecified atom stereocenters. The average Bonchev–Trinajstić information content (AvgIpc) is 3.38. The number of carbonyl (C=O) groups excluding carboxylic acids is 2. The Balaban J connectivity index is 1.51. The van der Waals surface area contributed by atoms with E-state index >= 15 is 0 Å². The summed E-state index contributed by atoms with van der Waals surface area (Å²) in [6.45, 7) is 7.44. The number of nitrogens with zero attached hydrogens (tertiary/aromatic N) is 1. The van der Waals surface area contributed by atoms with Gasteiger partial charge in [0, 0.05) is 42.2 Å². The molecule has 7 nitrogen and oxygen atoms in total. The third-order valence-corrected chi connectivity index (χ3v) is 7.15. The molecule has 0 aliphatic heterocycles. The minimum atomic E-state index is -1.12. The number of halogens is 2. The molecule has 3 aromatic carbocycles. The van der Waals surface area contributed by atoms with Crippen LogP contribution in [0.5, 0.6) is 0 Å². The summed E-state index contributed by atoms with van der Waals surface area (Å²) in [7, 11) is 0. The number of para-hydroxylation sites is 1. The minimum Gasteiger partial charge on any atom is -0.460 e. The van der Waals surface area contributed by atoms with Gasteiger partial charge in [0.2, 0.25) is 0 Å². The Morgan fingerprint density at radius 2 is 1.60 bits per heavy atom. The van der Waals surface area contributed by atoms with Crippen molar-refractivity contribution in [3.63, 3.8) is 0 Å². The zero-order valence-corrected chi connectivity index (χ0v) is 24.8. The maximum Gasteiger partial charge on any atom is 0.253 e. The molecule has 2 amide bonds. The standard InChI is InChI=1S/C34H39F2N3O4/c1-4-10-39(11-5-2)34(42)26-13-22(3)12-25(17-26)33(41)38-30(16-23-14-27(35)19-28(36)15-23)31(40)21-37-20-29-18-24-8-6-7-9-32(24)43-29/h6-9,12-15,17-19,30-31,37,40H,4-5,10-11,16,20-21H2,1-3H3,(H,38,41)/t30-,31+/m0/s1. The number of nitrogens with one attached hydrogen (secondary N) is 2. The summed E-state index contributed by atoms with van der Waals surface area (Å²) in [4.78, 5) is 28.5. The van der Waals surface area contributed by atoms with Crippen LogP contribution in [-0.2, 0) is 13.0 Å². The molecule has 2 atom stereocenters. The lowest BCUT2D eigenvalue weighted by molar-refractivity contribution is 0.0755. The van der Waals surface area contributed by atoms with Crippen molar-refractivity contribution in [3.05, 3.63) is 106 Å². The predicted octanol–water partition coefficient (Wildman–Crippen LogP) is 5.77. The third-order valence-electron chi connectivity index (χ3n) is 7.15. The number of aliphatic hydroxyl groups is 1. The quantitative estimate of drug-likeness (QED) is 0.173. The van der Waals surface area contributed by atoms with Crippen molar-refractivity contribution in [2.75, 3.05) is 19.6 Å². The number of aryl methyl sites for hydroxylation is 1. The van der Waals surface area contributed by atoms with E-state index in [0.717, 1.165) is 35.4 Å². The van der Waals surface area contributed by atoms with E-state index in [4.69, 9.17) is 4.42 Å². The van der Waals surface area contributed by atoms with Gasteiger partial charge in [-0.2, -0.15) is 0 Å². The summed E-state index contributed by atoms with van der Waals surface area (Å²) in [5.74, 6) is -1.47. The molecule has 4 rings (SSSR count). The number of fused-ring (bicyclic) bond motifs is 1. The second-order valence-electron chi connectivity index (χ2n) is 10.9. The van der Waals surface area contributed by atoms with Crippen molar-refractivity contribution >= 4 is 22.8 Å². The largest absolute Gasteiger partial charge is 0.460 e. The minimum absolute atomic E-state index is 0.0215. The number of aliphatic hydroxyl groups excluding tert-OH is 1. The molecule has 1 heterocycles. The van der Waals surface area contributed by atoms with E-state index in [-0.39, 0.29) is 30.0 Å². The molecule has 0 saturated carbocycles. The van der Waals surface area contributed by atoms with Crippen LogP contribution in [0.2, 0.25) is 0 Å². The SMILES string of the molecule is CCCN(CCC)C(=O)c1cc(C)cc(C(=O)N[C@@H](Cc2cc(F)cc(F)c2)[C@H](O)CNCc2cc3ccccc3o2)c1. The molecule has 0 fully saturated rings. The van der Waals surface area contributed by atoms with Crippen molar-refractivity contribution < 1.29 is 27.9 Å². The fourth-order valence-electron chi connectivity index (χ4n) is 5.20. The van der Waals surface area contributed by atoms with E-state index in [1.165, 1.54) is 12.1 Å². The first kappa shape index (κ1) is 31.8. The molecule has 1 aromatic heterocycles. The van der Waals surface area contributed by atoms with Crippen LogP contribution >= 0.6 is 0 Å². The predicted molar refractivity (Wildman–Crippen MR) is 163 cm³/mol. The van der Waals surface area contributed by atoms with Crippen LogP contribution in [0.3, 0.4) is 0 Å². The van der Waals surface area contributed by atoms with Crippen molar-refractivity contribution in [2.24, 2.45) is 0 Å². The van der Waals surface area contributed by atoms with Gasteiger partial charge in [-0.3, -0.25) is 9.59 Å². The normalized spacial score (nSPS) is 12.7. The van der Waals surface area contributed by atoms with Gasteiger partial charge < -0.3 is 25.1 Å². The topological polar surface area (TPSA) is 94.8 Å². The molecule has 0 saturated heterocycles. The van der Waals surface area contributed by atoms with E-state index in [9.17, 15) is 23.5 Å². The Bertz CT molecular complexity index is 1490. The van der Waals surface area contributed by atoms with E-state index in [1.807, 2.05) is 44.2 Å². The van der Waals surface area contributed by atoms with Gasteiger partial charge >= 0.3 is 0 Å². The van der Waals surface area contributed by atoms with Crippen LogP contribution in [0.25, 0.3) is 11.0 Å². The summed E-state index contributed by atoms with van der Waals surface area (Å²) >= 11 is 0. The van der Waals surface area contributed by atoms with Gasteiger partial charge in [0.15, 0.2) is 0 Å². The highest BCUT2D eigenvalue weighted by atomic mass is 19.1.